The summed E-state index contributed by atoms with van der Waals surface area (Å²) in [4.78, 5) is 0. The van der Waals surface area contributed by atoms with Gasteiger partial charge in [0.15, 0.2) is 0 Å². The van der Waals surface area contributed by atoms with Crippen LogP contribution in [0.5, 0.6) is 0 Å². The Morgan fingerprint density at radius 2 is 2.11 bits per heavy atom. The summed E-state index contributed by atoms with van der Waals surface area (Å²) < 4.78 is 3.15. The molecule has 2 heterocycles. The summed E-state index contributed by atoms with van der Waals surface area (Å²) in [6.07, 6.45) is 4.48. The van der Waals surface area contributed by atoms with Crippen LogP contribution in [0, 0.1) is 0 Å². The molecular formula is C15H18BrN3. The van der Waals surface area contributed by atoms with E-state index >= 15 is 0 Å². The normalized spacial score (nSPS) is 19.6. The van der Waals surface area contributed by atoms with E-state index in [2.05, 4.69) is 50.6 Å². The Hall–Kier alpha value is -1.13. The van der Waals surface area contributed by atoms with E-state index in [4.69, 9.17) is 0 Å². The lowest BCUT2D eigenvalue weighted by Gasteiger charge is -2.24. The molecule has 0 radical (unpaired) electrons. The van der Waals surface area contributed by atoms with Gasteiger partial charge in [-0.05, 0) is 37.1 Å². The molecule has 1 unspecified atom stereocenters. The second-order valence-corrected chi connectivity index (χ2v) is 6.03. The van der Waals surface area contributed by atoms with Gasteiger partial charge in [-0.25, -0.2) is 0 Å². The first kappa shape index (κ1) is 12.9. The fraction of sp³-hybridized carbons (Fsp3) is 0.400. The van der Waals surface area contributed by atoms with Gasteiger partial charge in [0.05, 0.1) is 11.9 Å². The molecule has 3 nitrogen and oxygen atoms in total. The first-order valence-corrected chi connectivity index (χ1v) is 7.53. The van der Waals surface area contributed by atoms with Crippen molar-refractivity contribution in [3.05, 3.63) is 40.6 Å². The van der Waals surface area contributed by atoms with Gasteiger partial charge < -0.3 is 5.32 Å². The van der Waals surface area contributed by atoms with E-state index in [1.165, 1.54) is 29.7 Å². The van der Waals surface area contributed by atoms with E-state index in [0.717, 1.165) is 17.6 Å². The molecule has 0 spiro atoms. The maximum absolute atomic E-state index is 4.47. The van der Waals surface area contributed by atoms with Crippen molar-refractivity contribution in [1.29, 1.82) is 0 Å². The molecule has 1 aromatic carbocycles. The molecule has 1 aliphatic rings. The van der Waals surface area contributed by atoms with Crippen molar-refractivity contribution in [3.8, 4) is 11.1 Å². The number of hydrogen-bond acceptors (Lipinski definition) is 2. The van der Waals surface area contributed by atoms with Crippen molar-refractivity contribution in [1.82, 2.24) is 15.1 Å². The molecule has 1 atom stereocenters. The van der Waals surface area contributed by atoms with E-state index < -0.39 is 0 Å². The van der Waals surface area contributed by atoms with E-state index in [1.807, 2.05) is 17.9 Å². The number of nitrogens with one attached hydrogen (secondary N) is 1. The lowest BCUT2D eigenvalue weighted by Crippen LogP contribution is -2.29. The molecule has 1 saturated heterocycles. The summed E-state index contributed by atoms with van der Waals surface area (Å²) in [5.41, 5.74) is 3.87. The molecule has 0 aliphatic carbocycles. The molecule has 100 valence electrons. The Balaban J connectivity index is 1.99. The van der Waals surface area contributed by atoms with Crippen LogP contribution in [-0.2, 0) is 7.05 Å². The Bertz CT molecular complexity index is 553. The third kappa shape index (κ3) is 2.60. The van der Waals surface area contributed by atoms with Gasteiger partial charge in [-0.15, -0.1) is 0 Å². The molecule has 0 saturated carbocycles. The number of aromatic nitrogens is 2. The van der Waals surface area contributed by atoms with Crippen LogP contribution in [0.1, 0.15) is 24.5 Å². The van der Waals surface area contributed by atoms with Crippen molar-refractivity contribution in [2.24, 2.45) is 7.05 Å². The van der Waals surface area contributed by atoms with E-state index in [-0.39, 0.29) is 0 Å². The van der Waals surface area contributed by atoms with Gasteiger partial charge in [0.2, 0.25) is 0 Å². The first-order chi connectivity index (χ1) is 9.25. The topological polar surface area (TPSA) is 29.9 Å². The summed E-state index contributed by atoms with van der Waals surface area (Å²) in [6.45, 7) is 2.20. The van der Waals surface area contributed by atoms with E-state index in [9.17, 15) is 0 Å². The minimum Gasteiger partial charge on any atom is -0.316 e. The second-order valence-electron chi connectivity index (χ2n) is 5.12. The second kappa shape index (κ2) is 5.47. The number of piperidine rings is 1. The van der Waals surface area contributed by atoms with Gasteiger partial charge >= 0.3 is 0 Å². The molecule has 4 heteroatoms. The van der Waals surface area contributed by atoms with Crippen LogP contribution < -0.4 is 5.32 Å². The number of nitrogens with zero attached hydrogens (tertiary/aromatic N) is 2. The predicted octanol–water partition coefficient (Wildman–Crippen LogP) is 3.32. The van der Waals surface area contributed by atoms with Crippen molar-refractivity contribution < 1.29 is 0 Å². The molecule has 19 heavy (non-hydrogen) atoms. The Kier molecular flexibility index (Phi) is 3.71. The highest BCUT2D eigenvalue weighted by atomic mass is 79.9. The average Bonchev–Trinajstić information content (AvgIpc) is 2.82. The Morgan fingerprint density at radius 1 is 1.32 bits per heavy atom. The largest absolute Gasteiger partial charge is 0.316 e. The van der Waals surface area contributed by atoms with Gasteiger partial charge in [0.1, 0.15) is 0 Å². The van der Waals surface area contributed by atoms with Crippen LogP contribution >= 0.6 is 15.9 Å². The van der Waals surface area contributed by atoms with Gasteiger partial charge in [-0.1, -0.05) is 28.1 Å². The first-order valence-electron chi connectivity index (χ1n) is 6.74. The maximum Gasteiger partial charge on any atom is 0.0571 e. The third-order valence-corrected chi connectivity index (χ3v) is 4.35. The zero-order valence-corrected chi connectivity index (χ0v) is 12.7. The van der Waals surface area contributed by atoms with Gasteiger partial charge in [-0.2, -0.15) is 5.10 Å². The minimum atomic E-state index is 0.569. The molecule has 1 aromatic heterocycles. The summed E-state index contributed by atoms with van der Waals surface area (Å²) in [5.74, 6) is 0.569. The number of aryl methyl sites for hydroxylation is 1. The van der Waals surface area contributed by atoms with Crippen LogP contribution in [0.25, 0.3) is 11.1 Å². The standard InChI is InChI=1S/C15H18BrN3/c1-19-15(12-3-2-8-17-9-12)14(10-18-19)11-4-6-13(16)7-5-11/h4-7,10,12,17H,2-3,8-9H2,1H3. The molecule has 0 amide bonds. The fourth-order valence-electron chi connectivity index (χ4n) is 2.87. The summed E-state index contributed by atoms with van der Waals surface area (Å²) in [5, 5.41) is 7.96. The van der Waals surface area contributed by atoms with Crippen LogP contribution in [0.3, 0.4) is 0 Å². The highest BCUT2D eigenvalue weighted by molar-refractivity contribution is 9.10. The van der Waals surface area contributed by atoms with Crippen LogP contribution in [0.4, 0.5) is 0 Å². The summed E-state index contributed by atoms with van der Waals surface area (Å²) in [7, 11) is 2.05. The van der Waals surface area contributed by atoms with Crippen LogP contribution in [0.15, 0.2) is 34.9 Å². The molecule has 2 aromatic rings. The van der Waals surface area contributed by atoms with Gasteiger partial charge in [0, 0.05) is 29.5 Å². The van der Waals surface area contributed by atoms with Crippen molar-refractivity contribution in [3.63, 3.8) is 0 Å². The number of rotatable bonds is 2. The van der Waals surface area contributed by atoms with Crippen molar-refractivity contribution in [2.75, 3.05) is 13.1 Å². The quantitative estimate of drug-likeness (QED) is 0.920. The minimum absolute atomic E-state index is 0.569. The van der Waals surface area contributed by atoms with Gasteiger partial charge in [-0.3, -0.25) is 4.68 Å². The van der Waals surface area contributed by atoms with Crippen LogP contribution in [-0.4, -0.2) is 22.9 Å². The Labute approximate surface area is 122 Å². The SMILES string of the molecule is Cn1ncc(-c2ccc(Br)cc2)c1C1CCCNC1. The average molecular weight is 320 g/mol. The smallest absolute Gasteiger partial charge is 0.0571 e. The Morgan fingerprint density at radius 3 is 2.79 bits per heavy atom. The number of hydrogen-bond donors (Lipinski definition) is 1. The molecule has 1 fully saturated rings. The molecular weight excluding hydrogens is 302 g/mol. The molecule has 1 N–H and O–H groups in total. The van der Waals surface area contributed by atoms with Crippen molar-refractivity contribution in [2.45, 2.75) is 18.8 Å². The maximum atomic E-state index is 4.47. The van der Waals surface area contributed by atoms with E-state index in [0.29, 0.717) is 5.92 Å². The molecule has 0 bridgehead atoms. The molecule has 1 aliphatic heterocycles. The van der Waals surface area contributed by atoms with Crippen molar-refractivity contribution >= 4 is 15.9 Å². The van der Waals surface area contributed by atoms with Gasteiger partial charge in [0.25, 0.3) is 0 Å². The summed E-state index contributed by atoms with van der Waals surface area (Å²) in [6, 6.07) is 8.48. The summed E-state index contributed by atoms with van der Waals surface area (Å²) >= 11 is 3.49. The van der Waals surface area contributed by atoms with Crippen LogP contribution in [0.2, 0.25) is 0 Å². The zero-order chi connectivity index (χ0) is 13.2. The number of halogens is 1. The highest BCUT2D eigenvalue weighted by Crippen LogP contribution is 2.32. The fourth-order valence-corrected chi connectivity index (χ4v) is 3.13. The number of benzene rings is 1. The predicted molar refractivity (Wildman–Crippen MR) is 81.2 cm³/mol. The highest BCUT2D eigenvalue weighted by Gasteiger charge is 2.22. The van der Waals surface area contributed by atoms with E-state index in [1.54, 1.807) is 0 Å². The molecule has 3 rings (SSSR count). The zero-order valence-electron chi connectivity index (χ0n) is 11.1. The lowest BCUT2D eigenvalue weighted by molar-refractivity contribution is 0.442. The third-order valence-electron chi connectivity index (χ3n) is 3.82. The lowest BCUT2D eigenvalue weighted by atomic mass is 9.91. The monoisotopic (exact) mass is 319 g/mol.